The summed E-state index contributed by atoms with van der Waals surface area (Å²) < 4.78 is 13.3. The van der Waals surface area contributed by atoms with Crippen LogP contribution in [0.1, 0.15) is 32.3 Å². The summed E-state index contributed by atoms with van der Waals surface area (Å²) in [7, 11) is 1.86. The standard InChI is InChI=1S/C17H21N3O3/c1-4-17(2)22-14-7-6-13(9-15(14)23-17)19-16(21)8-5-12-10-18-20(3)11-12/h6-7,9-11H,4-5,8H2,1-3H3,(H,19,21). The molecule has 0 saturated heterocycles. The molecule has 1 amide bonds. The summed E-state index contributed by atoms with van der Waals surface area (Å²) in [5.41, 5.74) is 1.76. The minimum atomic E-state index is -0.620. The van der Waals surface area contributed by atoms with E-state index in [9.17, 15) is 4.79 Å². The molecule has 1 N–H and O–H groups in total. The van der Waals surface area contributed by atoms with Crippen LogP contribution in [0.25, 0.3) is 0 Å². The van der Waals surface area contributed by atoms with Crippen molar-refractivity contribution in [3.05, 3.63) is 36.2 Å². The van der Waals surface area contributed by atoms with Gasteiger partial charge < -0.3 is 14.8 Å². The maximum atomic E-state index is 12.1. The summed E-state index contributed by atoms with van der Waals surface area (Å²) in [6.45, 7) is 3.91. The number of hydrogen-bond donors (Lipinski definition) is 1. The highest BCUT2D eigenvalue weighted by atomic mass is 16.7. The number of benzene rings is 1. The van der Waals surface area contributed by atoms with E-state index in [0.29, 0.717) is 30.0 Å². The van der Waals surface area contributed by atoms with Crippen molar-refractivity contribution in [2.45, 2.75) is 38.9 Å². The molecule has 2 heterocycles. The Morgan fingerprint density at radius 3 is 2.83 bits per heavy atom. The van der Waals surface area contributed by atoms with Crippen molar-refractivity contribution in [2.75, 3.05) is 5.32 Å². The van der Waals surface area contributed by atoms with Gasteiger partial charge in [-0.2, -0.15) is 5.10 Å². The normalized spacial score (nSPS) is 18.9. The number of amides is 1. The Morgan fingerprint density at radius 1 is 1.35 bits per heavy atom. The fourth-order valence-electron chi connectivity index (χ4n) is 2.46. The van der Waals surface area contributed by atoms with Gasteiger partial charge >= 0.3 is 0 Å². The highest BCUT2D eigenvalue weighted by Gasteiger charge is 2.34. The summed E-state index contributed by atoms with van der Waals surface area (Å²) in [6, 6.07) is 5.46. The van der Waals surface area contributed by atoms with Crippen LogP contribution in [0, 0.1) is 0 Å². The maximum Gasteiger partial charge on any atom is 0.248 e. The van der Waals surface area contributed by atoms with Gasteiger partial charge in [0.1, 0.15) is 0 Å². The number of ether oxygens (including phenoxy) is 2. The van der Waals surface area contributed by atoms with Crippen LogP contribution in [0.3, 0.4) is 0 Å². The lowest BCUT2D eigenvalue weighted by atomic mass is 10.2. The number of nitrogens with one attached hydrogen (secondary N) is 1. The van der Waals surface area contributed by atoms with Gasteiger partial charge in [-0.05, 0) is 24.1 Å². The zero-order valence-electron chi connectivity index (χ0n) is 13.6. The van der Waals surface area contributed by atoms with Crippen molar-refractivity contribution in [2.24, 2.45) is 7.05 Å². The lowest BCUT2D eigenvalue weighted by molar-refractivity contribution is -0.116. The maximum absolute atomic E-state index is 12.1. The number of anilines is 1. The molecule has 1 aromatic heterocycles. The molecule has 0 spiro atoms. The van der Waals surface area contributed by atoms with Gasteiger partial charge in [0.2, 0.25) is 11.7 Å². The molecule has 6 nitrogen and oxygen atoms in total. The predicted octanol–water partition coefficient (Wildman–Crippen LogP) is 2.89. The fourth-order valence-corrected chi connectivity index (χ4v) is 2.46. The zero-order chi connectivity index (χ0) is 16.4. The van der Waals surface area contributed by atoms with Crippen LogP contribution < -0.4 is 14.8 Å². The van der Waals surface area contributed by atoms with Crippen LogP contribution in [-0.4, -0.2) is 21.5 Å². The van der Waals surface area contributed by atoms with Gasteiger partial charge in [0.05, 0.1) is 6.20 Å². The van der Waals surface area contributed by atoms with E-state index in [1.54, 1.807) is 16.9 Å². The number of carbonyl (C=O) groups is 1. The average molecular weight is 315 g/mol. The van der Waals surface area contributed by atoms with Crippen LogP contribution in [0.2, 0.25) is 0 Å². The summed E-state index contributed by atoms with van der Waals surface area (Å²) in [5, 5.41) is 6.99. The Balaban J connectivity index is 1.59. The molecule has 1 aliphatic rings. The monoisotopic (exact) mass is 315 g/mol. The SMILES string of the molecule is CCC1(C)Oc2ccc(NC(=O)CCc3cnn(C)c3)cc2O1. The molecule has 0 bridgehead atoms. The summed E-state index contributed by atoms with van der Waals surface area (Å²) in [4.78, 5) is 12.1. The van der Waals surface area contributed by atoms with Crippen molar-refractivity contribution in [3.63, 3.8) is 0 Å². The molecule has 1 atom stereocenters. The van der Waals surface area contributed by atoms with Gasteiger partial charge in [-0.15, -0.1) is 0 Å². The van der Waals surface area contributed by atoms with Gasteiger partial charge in [-0.25, -0.2) is 0 Å². The first kappa shape index (κ1) is 15.4. The van der Waals surface area contributed by atoms with Crippen molar-refractivity contribution >= 4 is 11.6 Å². The van der Waals surface area contributed by atoms with E-state index in [4.69, 9.17) is 9.47 Å². The molecule has 2 aromatic rings. The minimum absolute atomic E-state index is 0.0361. The van der Waals surface area contributed by atoms with E-state index < -0.39 is 5.79 Å². The number of rotatable bonds is 5. The number of aryl methyl sites for hydroxylation is 2. The lowest BCUT2D eigenvalue weighted by Crippen LogP contribution is -2.33. The quantitative estimate of drug-likeness (QED) is 0.921. The summed E-state index contributed by atoms with van der Waals surface area (Å²) >= 11 is 0. The molecule has 0 saturated carbocycles. The fraction of sp³-hybridized carbons (Fsp3) is 0.412. The first-order valence-corrected chi connectivity index (χ1v) is 7.77. The van der Waals surface area contributed by atoms with Crippen LogP contribution in [0.15, 0.2) is 30.6 Å². The van der Waals surface area contributed by atoms with Gasteiger partial charge in [0, 0.05) is 44.8 Å². The topological polar surface area (TPSA) is 65.4 Å². The lowest BCUT2D eigenvalue weighted by Gasteiger charge is -2.20. The van der Waals surface area contributed by atoms with Crippen molar-refractivity contribution < 1.29 is 14.3 Å². The first-order chi connectivity index (χ1) is 11.0. The van der Waals surface area contributed by atoms with Crippen molar-refractivity contribution in [1.29, 1.82) is 0 Å². The third-order valence-electron chi connectivity index (χ3n) is 3.92. The number of carbonyl (C=O) groups excluding carboxylic acids is 1. The number of fused-ring (bicyclic) bond motifs is 1. The Bertz CT molecular complexity index is 726. The van der Waals surface area contributed by atoms with Crippen LogP contribution in [0.5, 0.6) is 11.5 Å². The van der Waals surface area contributed by atoms with Gasteiger partial charge in [0.25, 0.3) is 0 Å². The molecule has 122 valence electrons. The van der Waals surface area contributed by atoms with Crippen LogP contribution in [-0.2, 0) is 18.3 Å². The van der Waals surface area contributed by atoms with E-state index in [0.717, 1.165) is 12.0 Å². The largest absolute Gasteiger partial charge is 0.449 e. The highest BCUT2D eigenvalue weighted by Crippen LogP contribution is 2.42. The van der Waals surface area contributed by atoms with Gasteiger partial charge in [-0.3, -0.25) is 9.48 Å². The molecule has 0 fully saturated rings. The molecular formula is C17H21N3O3. The number of hydrogen-bond acceptors (Lipinski definition) is 4. The molecule has 1 aliphatic heterocycles. The highest BCUT2D eigenvalue weighted by molar-refractivity contribution is 5.91. The Hall–Kier alpha value is -2.50. The number of nitrogens with zero attached hydrogens (tertiary/aromatic N) is 2. The molecule has 0 aliphatic carbocycles. The molecule has 1 aromatic carbocycles. The minimum Gasteiger partial charge on any atom is -0.449 e. The first-order valence-electron chi connectivity index (χ1n) is 7.77. The number of aromatic nitrogens is 2. The van der Waals surface area contributed by atoms with Gasteiger partial charge in [0.15, 0.2) is 11.5 Å². The van der Waals surface area contributed by atoms with E-state index in [1.165, 1.54) is 0 Å². The molecule has 23 heavy (non-hydrogen) atoms. The Labute approximate surface area is 135 Å². The molecular weight excluding hydrogens is 294 g/mol. The van der Waals surface area contributed by atoms with Gasteiger partial charge in [-0.1, -0.05) is 6.92 Å². The zero-order valence-corrected chi connectivity index (χ0v) is 13.6. The summed E-state index contributed by atoms with van der Waals surface area (Å²) in [6.07, 6.45) is 5.51. The van der Waals surface area contributed by atoms with E-state index in [-0.39, 0.29) is 5.91 Å². The van der Waals surface area contributed by atoms with Crippen molar-refractivity contribution in [1.82, 2.24) is 9.78 Å². The molecule has 6 heteroatoms. The Kier molecular flexibility index (Phi) is 3.98. The van der Waals surface area contributed by atoms with E-state index >= 15 is 0 Å². The van der Waals surface area contributed by atoms with E-state index in [1.807, 2.05) is 39.2 Å². The predicted molar refractivity (Wildman–Crippen MR) is 86.6 cm³/mol. The second-order valence-corrected chi connectivity index (χ2v) is 5.92. The molecule has 3 rings (SSSR count). The average Bonchev–Trinajstić information content (AvgIpc) is 3.08. The van der Waals surface area contributed by atoms with Crippen LogP contribution in [0.4, 0.5) is 5.69 Å². The second-order valence-electron chi connectivity index (χ2n) is 5.92. The van der Waals surface area contributed by atoms with Crippen LogP contribution >= 0.6 is 0 Å². The molecule has 0 radical (unpaired) electrons. The van der Waals surface area contributed by atoms with E-state index in [2.05, 4.69) is 10.4 Å². The Morgan fingerprint density at radius 2 is 2.13 bits per heavy atom. The molecule has 1 unspecified atom stereocenters. The second kappa shape index (κ2) is 5.95. The van der Waals surface area contributed by atoms with Crippen molar-refractivity contribution in [3.8, 4) is 11.5 Å². The third-order valence-corrected chi connectivity index (χ3v) is 3.92. The third kappa shape index (κ3) is 3.47. The summed E-state index contributed by atoms with van der Waals surface area (Å²) in [5.74, 6) is 0.721. The smallest absolute Gasteiger partial charge is 0.248 e.